The summed E-state index contributed by atoms with van der Waals surface area (Å²) in [6, 6.07) is 13.8. The number of nitrogens with zero attached hydrogens (tertiary/aromatic N) is 1. The standard InChI is InChI=1S/C16H19N3O/c1-13(9-10-14-6-3-2-4-7-14)18-16(20)19-15-8-5-11-17-12-15/h2-8,11-13H,9-10H2,1H3,(H2,18,19,20). The number of hydrogen-bond donors (Lipinski definition) is 2. The summed E-state index contributed by atoms with van der Waals surface area (Å²) in [4.78, 5) is 15.7. The van der Waals surface area contributed by atoms with Gasteiger partial charge in [0.05, 0.1) is 11.9 Å². The summed E-state index contributed by atoms with van der Waals surface area (Å²) in [5.41, 5.74) is 1.98. The Bertz CT molecular complexity index is 528. The average molecular weight is 269 g/mol. The molecule has 0 aliphatic carbocycles. The molecule has 0 radical (unpaired) electrons. The van der Waals surface area contributed by atoms with Crippen LogP contribution in [-0.2, 0) is 6.42 Å². The summed E-state index contributed by atoms with van der Waals surface area (Å²) in [5, 5.41) is 5.68. The van der Waals surface area contributed by atoms with Crippen molar-refractivity contribution in [1.29, 1.82) is 0 Å². The SMILES string of the molecule is CC(CCc1ccccc1)NC(=O)Nc1cccnc1. The van der Waals surface area contributed by atoms with Crippen molar-refractivity contribution in [3.63, 3.8) is 0 Å². The molecule has 4 nitrogen and oxygen atoms in total. The molecule has 0 aliphatic rings. The number of pyridine rings is 1. The van der Waals surface area contributed by atoms with E-state index >= 15 is 0 Å². The van der Waals surface area contributed by atoms with E-state index in [1.54, 1.807) is 24.5 Å². The maximum absolute atomic E-state index is 11.8. The first-order valence-electron chi connectivity index (χ1n) is 6.75. The van der Waals surface area contributed by atoms with Crippen molar-refractivity contribution in [3.8, 4) is 0 Å². The second-order valence-electron chi connectivity index (χ2n) is 4.77. The summed E-state index contributed by atoms with van der Waals surface area (Å²) in [5.74, 6) is 0. The van der Waals surface area contributed by atoms with Crippen LogP contribution in [-0.4, -0.2) is 17.1 Å². The third kappa shape index (κ3) is 4.72. The predicted molar refractivity (Wildman–Crippen MR) is 80.6 cm³/mol. The molecule has 0 saturated heterocycles. The molecule has 1 aromatic carbocycles. The first-order chi connectivity index (χ1) is 9.74. The van der Waals surface area contributed by atoms with Gasteiger partial charge in [-0.2, -0.15) is 0 Å². The molecular weight excluding hydrogens is 250 g/mol. The molecular formula is C16H19N3O. The summed E-state index contributed by atoms with van der Waals surface area (Å²) < 4.78 is 0. The molecule has 1 unspecified atom stereocenters. The van der Waals surface area contributed by atoms with Crippen molar-refractivity contribution in [2.45, 2.75) is 25.8 Å². The first-order valence-corrected chi connectivity index (χ1v) is 6.75. The molecule has 0 aliphatic heterocycles. The lowest BCUT2D eigenvalue weighted by Gasteiger charge is -2.14. The van der Waals surface area contributed by atoms with E-state index < -0.39 is 0 Å². The highest BCUT2D eigenvalue weighted by Crippen LogP contribution is 2.06. The lowest BCUT2D eigenvalue weighted by Crippen LogP contribution is -2.36. The van der Waals surface area contributed by atoms with E-state index in [2.05, 4.69) is 27.8 Å². The van der Waals surface area contributed by atoms with Crippen LogP contribution in [0.1, 0.15) is 18.9 Å². The highest BCUT2D eigenvalue weighted by Gasteiger charge is 2.07. The highest BCUT2D eigenvalue weighted by molar-refractivity contribution is 5.89. The minimum atomic E-state index is -0.196. The van der Waals surface area contributed by atoms with Gasteiger partial charge < -0.3 is 10.6 Å². The number of amides is 2. The van der Waals surface area contributed by atoms with Crippen LogP contribution in [0.5, 0.6) is 0 Å². The lowest BCUT2D eigenvalue weighted by molar-refractivity contribution is 0.248. The number of carbonyl (C=O) groups is 1. The van der Waals surface area contributed by atoms with Crippen LogP contribution in [0.4, 0.5) is 10.5 Å². The number of rotatable bonds is 5. The lowest BCUT2D eigenvalue weighted by atomic mass is 10.1. The maximum atomic E-state index is 11.8. The fourth-order valence-electron chi connectivity index (χ4n) is 1.93. The van der Waals surface area contributed by atoms with Crippen molar-refractivity contribution in [2.24, 2.45) is 0 Å². The van der Waals surface area contributed by atoms with Crippen LogP contribution in [0, 0.1) is 0 Å². The topological polar surface area (TPSA) is 54.0 Å². The molecule has 1 aromatic heterocycles. The summed E-state index contributed by atoms with van der Waals surface area (Å²) in [6.07, 6.45) is 5.15. The largest absolute Gasteiger partial charge is 0.335 e. The van der Waals surface area contributed by atoms with Crippen molar-refractivity contribution >= 4 is 11.7 Å². The second-order valence-corrected chi connectivity index (χ2v) is 4.77. The van der Waals surface area contributed by atoms with Gasteiger partial charge in [0.15, 0.2) is 0 Å². The van der Waals surface area contributed by atoms with Gasteiger partial charge in [-0.15, -0.1) is 0 Å². The Kier molecular flexibility index (Phi) is 5.12. The first kappa shape index (κ1) is 14.1. The number of aryl methyl sites for hydroxylation is 1. The van der Waals surface area contributed by atoms with Crippen LogP contribution < -0.4 is 10.6 Å². The molecule has 4 heteroatoms. The van der Waals surface area contributed by atoms with Gasteiger partial charge in [0.25, 0.3) is 0 Å². The zero-order valence-corrected chi connectivity index (χ0v) is 11.5. The fourth-order valence-corrected chi connectivity index (χ4v) is 1.93. The third-order valence-corrected chi connectivity index (χ3v) is 3.01. The van der Waals surface area contributed by atoms with Crippen LogP contribution in [0.2, 0.25) is 0 Å². The summed E-state index contributed by atoms with van der Waals surface area (Å²) in [7, 11) is 0. The maximum Gasteiger partial charge on any atom is 0.319 e. The molecule has 1 atom stereocenters. The average Bonchev–Trinajstić information content (AvgIpc) is 2.47. The zero-order valence-electron chi connectivity index (χ0n) is 11.5. The van der Waals surface area contributed by atoms with Crippen LogP contribution in [0.3, 0.4) is 0 Å². The molecule has 2 amide bonds. The molecule has 104 valence electrons. The van der Waals surface area contributed by atoms with E-state index in [9.17, 15) is 4.79 Å². The number of benzene rings is 1. The number of aromatic nitrogens is 1. The van der Waals surface area contributed by atoms with Gasteiger partial charge >= 0.3 is 6.03 Å². The van der Waals surface area contributed by atoms with Crippen LogP contribution in [0.15, 0.2) is 54.9 Å². The van der Waals surface area contributed by atoms with Gasteiger partial charge in [0.1, 0.15) is 0 Å². The van der Waals surface area contributed by atoms with Gasteiger partial charge in [-0.1, -0.05) is 30.3 Å². The minimum absolute atomic E-state index is 0.117. The Balaban J connectivity index is 1.74. The van der Waals surface area contributed by atoms with Gasteiger partial charge in [0.2, 0.25) is 0 Å². The van der Waals surface area contributed by atoms with Crippen LogP contribution in [0.25, 0.3) is 0 Å². The molecule has 2 rings (SSSR count). The van der Waals surface area contributed by atoms with Gasteiger partial charge in [-0.05, 0) is 37.5 Å². The molecule has 1 heterocycles. The Morgan fingerprint density at radius 3 is 2.70 bits per heavy atom. The third-order valence-electron chi connectivity index (χ3n) is 3.01. The molecule has 20 heavy (non-hydrogen) atoms. The van der Waals surface area contributed by atoms with Crippen molar-refractivity contribution in [3.05, 3.63) is 60.4 Å². The van der Waals surface area contributed by atoms with Crippen molar-refractivity contribution < 1.29 is 4.79 Å². The molecule has 2 aromatic rings. The van der Waals surface area contributed by atoms with E-state index in [1.165, 1.54) is 5.56 Å². The van der Waals surface area contributed by atoms with Gasteiger partial charge in [0, 0.05) is 12.2 Å². The van der Waals surface area contributed by atoms with E-state index in [-0.39, 0.29) is 12.1 Å². The predicted octanol–water partition coefficient (Wildman–Crippen LogP) is 3.22. The van der Waals surface area contributed by atoms with E-state index in [1.807, 2.05) is 25.1 Å². The summed E-state index contributed by atoms with van der Waals surface area (Å²) in [6.45, 7) is 2.01. The Morgan fingerprint density at radius 1 is 1.20 bits per heavy atom. The number of hydrogen-bond acceptors (Lipinski definition) is 2. The molecule has 0 fully saturated rings. The van der Waals surface area contributed by atoms with E-state index in [0.29, 0.717) is 5.69 Å². The Morgan fingerprint density at radius 2 is 2.00 bits per heavy atom. The fraction of sp³-hybridized carbons (Fsp3) is 0.250. The monoisotopic (exact) mass is 269 g/mol. The van der Waals surface area contributed by atoms with Crippen LogP contribution >= 0.6 is 0 Å². The van der Waals surface area contributed by atoms with Crippen molar-refractivity contribution in [2.75, 3.05) is 5.32 Å². The molecule has 0 bridgehead atoms. The number of nitrogens with one attached hydrogen (secondary N) is 2. The van der Waals surface area contributed by atoms with Gasteiger partial charge in [-0.25, -0.2) is 4.79 Å². The molecule has 2 N–H and O–H groups in total. The second kappa shape index (κ2) is 7.28. The van der Waals surface area contributed by atoms with Crippen molar-refractivity contribution in [1.82, 2.24) is 10.3 Å². The quantitative estimate of drug-likeness (QED) is 0.875. The summed E-state index contributed by atoms with van der Waals surface area (Å²) >= 11 is 0. The minimum Gasteiger partial charge on any atom is -0.335 e. The highest BCUT2D eigenvalue weighted by atomic mass is 16.2. The normalized spacial score (nSPS) is 11.7. The Hall–Kier alpha value is -2.36. The molecule has 0 spiro atoms. The Labute approximate surface area is 119 Å². The zero-order chi connectivity index (χ0) is 14.2. The van der Waals surface area contributed by atoms with Gasteiger partial charge in [-0.3, -0.25) is 4.98 Å². The smallest absolute Gasteiger partial charge is 0.319 e. The number of urea groups is 1. The van der Waals surface area contributed by atoms with E-state index in [4.69, 9.17) is 0 Å². The number of carbonyl (C=O) groups excluding carboxylic acids is 1. The van der Waals surface area contributed by atoms with E-state index in [0.717, 1.165) is 12.8 Å². The number of anilines is 1. The molecule has 0 saturated carbocycles.